The Balaban J connectivity index is 2.74. The third kappa shape index (κ3) is 2.40. The van der Waals surface area contributed by atoms with Gasteiger partial charge in [-0.15, -0.1) is 0 Å². The molecule has 0 fully saturated rings. The van der Waals surface area contributed by atoms with E-state index in [0.29, 0.717) is 0 Å². The molecular formula is C11H5Cl2F3N4. The van der Waals surface area contributed by atoms with Crippen LogP contribution in [0.1, 0.15) is 11.3 Å². The molecule has 0 spiro atoms. The van der Waals surface area contributed by atoms with E-state index in [1.54, 1.807) is 6.07 Å². The van der Waals surface area contributed by atoms with Gasteiger partial charge in [-0.1, -0.05) is 23.2 Å². The normalized spacial score (nSPS) is 11.4. The number of nitriles is 1. The third-order valence-corrected chi connectivity index (χ3v) is 3.12. The lowest BCUT2D eigenvalue weighted by molar-refractivity contribution is -0.137. The summed E-state index contributed by atoms with van der Waals surface area (Å²) in [5.41, 5.74) is 4.25. The van der Waals surface area contributed by atoms with Crippen molar-refractivity contribution in [2.75, 3.05) is 5.73 Å². The molecule has 0 bridgehead atoms. The summed E-state index contributed by atoms with van der Waals surface area (Å²) in [5, 5.41) is 11.8. The van der Waals surface area contributed by atoms with E-state index >= 15 is 0 Å². The van der Waals surface area contributed by atoms with Crippen molar-refractivity contribution in [3.8, 4) is 11.8 Å². The Morgan fingerprint density at radius 3 is 2.45 bits per heavy atom. The molecule has 0 amide bonds. The lowest BCUT2D eigenvalue weighted by atomic mass is 10.2. The predicted molar refractivity (Wildman–Crippen MR) is 67.7 cm³/mol. The Kier molecular flexibility index (Phi) is 3.54. The summed E-state index contributed by atoms with van der Waals surface area (Å²) in [4.78, 5) is 0. The molecule has 0 atom stereocenters. The maximum atomic E-state index is 12.8. The third-order valence-electron chi connectivity index (χ3n) is 2.44. The van der Waals surface area contributed by atoms with Crippen LogP contribution in [-0.2, 0) is 6.18 Å². The maximum Gasteiger partial charge on any atom is 0.417 e. The lowest BCUT2D eigenvalue weighted by Gasteiger charge is -2.14. The molecule has 0 unspecified atom stereocenters. The number of benzene rings is 1. The minimum atomic E-state index is -4.64. The molecule has 0 saturated carbocycles. The fourth-order valence-electron chi connectivity index (χ4n) is 1.58. The summed E-state index contributed by atoms with van der Waals surface area (Å²) in [5.74, 6) is -0.0512. The van der Waals surface area contributed by atoms with Crippen LogP contribution in [0.3, 0.4) is 0 Å². The van der Waals surface area contributed by atoms with Crippen molar-refractivity contribution < 1.29 is 13.2 Å². The SMILES string of the molecule is N#Cc1cc(N)n(-c2c(Cl)ccc(C(F)(F)F)c2Cl)n1. The molecule has 2 aromatic rings. The second kappa shape index (κ2) is 4.89. The summed E-state index contributed by atoms with van der Waals surface area (Å²) >= 11 is 11.6. The van der Waals surface area contributed by atoms with Crippen molar-refractivity contribution in [1.29, 1.82) is 5.26 Å². The van der Waals surface area contributed by atoms with Gasteiger partial charge < -0.3 is 5.73 Å². The molecule has 1 aromatic carbocycles. The molecule has 0 aliphatic rings. The average Bonchev–Trinajstić information content (AvgIpc) is 2.69. The number of nitrogens with two attached hydrogens (primary N) is 1. The van der Waals surface area contributed by atoms with Crippen LogP contribution in [0.4, 0.5) is 19.0 Å². The first-order chi connectivity index (χ1) is 9.25. The van der Waals surface area contributed by atoms with Gasteiger partial charge in [0, 0.05) is 6.07 Å². The smallest absolute Gasteiger partial charge is 0.384 e. The number of hydrogen-bond acceptors (Lipinski definition) is 3. The van der Waals surface area contributed by atoms with E-state index in [2.05, 4.69) is 5.10 Å². The van der Waals surface area contributed by atoms with Crippen molar-refractivity contribution >= 4 is 29.0 Å². The topological polar surface area (TPSA) is 67.6 Å². The molecule has 20 heavy (non-hydrogen) atoms. The van der Waals surface area contributed by atoms with E-state index in [1.807, 2.05) is 0 Å². The molecule has 104 valence electrons. The number of hydrogen-bond donors (Lipinski definition) is 1. The average molecular weight is 321 g/mol. The molecule has 0 aliphatic heterocycles. The highest BCUT2D eigenvalue weighted by atomic mass is 35.5. The van der Waals surface area contributed by atoms with Gasteiger partial charge in [0.15, 0.2) is 5.69 Å². The Bertz CT molecular complexity index is 716. The van der Waals surface area contributed by atoms with Gasteiger partial charge >= 0.3 is 6.18 Å². The number of alkyl halides is 3. The first kappa shape index (κ1) is 14.5. The fraction of sp³-hybridized carbons (Fsp3) is 0.0909. The number of halogens is 5. The first-order valence-electron chi connectivity index (χ1n) is 5.07. The Labute approximate surface area is 121 Å². The summed E-state index contributed by atoms with van der Waals surface area (Å²) < 4.78 is 39.3. The largest absolute Gasteiger partial charge is 0.417 e. The van der Waals surface area contributed by atoms with Gasteiger partial charge in [-0.3, -0.25) is 0 Å². The van der Waals surface area contributed by atoms with Crippen LogP contribution in [0.25, 0.3) is 5.69 Å². The number of rotatable bonds is 1. The number of anilines is 1. The van der Waals surface area contributed by atoms with Crippen molar-refractivity contribution in [2.24, 2.45) is 0 Å². The zero-order valence-electron chi connectivity index (χ0n) is 9.54. The Morgan fingerprint density at radius 2 is 1.95 bits per heavy atom. The van der Waals surface area contributed by atoms with Crippen LogP contribution in [0, 0.1) is 11.3 Å². The van der Waals surface area contributed by atoms with Crippen molar-refractivity contribution in [1.82, 2.24) is 9.78 Å². The number of nitrogen functional groups attached to an aromatic ring is 1. The van der Waals surface area contributed by atoms with Crippen molar-refractivity contribution in [3.63, 3.8) is 0 Å². The second-order valence-electron chi connectivity index (χ2n) is 3.73. The molecular weight excluding hydrogens is 316 g/mol. The maximum absolute atomic E-state index is 12.8. The quantitative estimate of drug-likeness (QED) is 0.872. The minimum Gasteiger partial charge on any atom is -0.384 e. The van der Waals surface area contributed by atoms with Crippen LogP contribution in [0.2, 0.25) is 10.0 Å². The second-order valence-corrected chi connectivity index (χ2v) is 4.52. The molecule has 0 radical (unpaired) electrons. The predicted octanol–water partition coefficient (Wildman–Crippen LogP) is 3.65. The fourth-order valence-corrected chi connectivity index (χ4v) is 2.22. The van der Waals surface area contributed by atoms with Crippen LogP contribution in [0.5, 0.6) is 0 Å². The van der Waals surface area contributed by atoms with E-state index in [-0.39, 0.29) is 22.2 Å². The van der Waals surface area contributed by atoms with E-state index in [9.17, 15) is 13.2 Å². The number of aromatic nitrogens is 2. The van der Waals surface area contributed by atoms with Gasteiger partial charge in [0.25, 0.3) is 0 Å². The molecule has 9 heteroatoms. The van der Waals surface area contributed by atoms with Crippen LogP contribution >= 0.6 is 23.2 Å². The van der Waals surface area contributed by atoms with Gasteiger partial charge in [0.05, 0.1) is 15.6 Å². The Hall–Kier alpha value is -1.91. The van der Waals surface area contributed by atoms with Crippen LogP contribution in [0.15, 0.2) is 18.2 Å². The molecule has 0 aliphatic carbocycles. The monoisotopic (exact) mass is 320 g/mol. The summed E-state index contributed by atoms with van der Waals surface area (Å²) in [7, 11) is 0. The van der Waals surface area contributed by atoms with Crippen LogP contribution < -0.4 is 5.73 Å². The summed E-state index contributed by atoms with van der Waals surface area (Å²) in [6, 6.07) is 4.73. The molecule has 0 saturated heterocycles. The van der Waals surface area contributed by atoms with Gasteiger partial charge in [0.1, 0.15) is 17.6 Å². The van der Waals surface area contributed by atoms with Crippen molar-refractivity contribution in [2.45, 2.75) is 6.18 Å². The highest BCUT2D eigenvalue weighted by Crippen LogP contribution is 2.40. The molecule has 1 aromatic heterocycles. The number of nitrogens with zero attached hydrogens (tertiary/aromatic N) is 3. The van der Waals surface area contributed by atoms with E-state index in [0.717, 1.165) is 16.8 Å². The highest BCUT2D eigenvalue weighted by molar-refractivity contribution is 6.38. The van der Waals surface area contributed by atoms with E-state index in [4.69, 9.17) is 34.2 Å². The highest BCUT2D eigenvalue weighted by Gasteiger charge is 2.35. The zero-order valence-corrected chi connectivity index (χ0v) is 11.1. The van der Waals surface area contributed by atoms with E-state index < -0.39 is 16.8 Å². The summed E-state index contributed by atoms with van der Waals surface area (Å²) in [6.07, 6.45) is -4.64. The molecule has 1 heterocycles. The van der Waals surface area contributed by atoms with Gasteiger partial charge in [-0.25, -0.2) is 4.68 Å². The van der Waals surface area contributed by atoms with Gasteiger partial charge in [-0.2, -0.15) is 23.5 Å². The first-order valence-corrected chi connectivity index (χ1v) is 5.82. The van der Waals surface area contributed by atoms with Crippen LogP contribution in [-0.4, -0.2) is 9.78 Å². The van der Waals surface area contributed by atoms with Crippen molar-refractivity contribution in [3.05, 3.63) is 39.5 Å². The Morgan fingerprint density at radius 1 is 1.30 bits per heavy atom. The molecule has 4 nitrogen and oxygen atoms in total. The minimum absolute atomic E-state index is 0.0512. The standard InChI is InChI=1S/C11H5Cl2F3N4/c12-7-2-1-6(11(14,15)16)9(13)10(7)20-8(18)3-5(4-17)19-20/h1-3H,18H2. The molecule has 2 rings (SSSR count). The van der Waals surface area contributed by atoms with Gasteiger partial charge in [-0.05, 0) is 12.1 Å². The van der Waals surface area contributed by atoms with E-state index in [1.165, 1.54) is 6.07 Å². The zero-order chi connectivity index (χ0) is 15.1. The molecule has 2 N–H and O–H groups in total. The summed E-state index contributed by atoms with van der Waals surface area (Å²) in [6.45, 7) is 0. The lowest BCUT2D eigenvalue weighted by Crippen LogP contribution is -2.10. The van der Waals surface area contributed by atoms with Gasteiger partial charge in [0.2, 0.25) is 0 Å².